The summed E-state index contributed by atoms with van der Waals surface area (Å²) >= 11 is 0. The molecule has 0 heterocycles. The first-order chi connectivity index (χ1) is 8.54. The van der Waals surface area contributed by atoms with Gasteiger partial charge in [0.05, 0.1) is 11.5 Å². The lowest BCUT2D eigenvalue weighted by Gasteiger charge is -2.06. The summed E-state index contributed by atoms with van der Waals surface area (Å²) in [5.74, 6) is 0.574. The second kappa shape index (κ2) is 7.35. The number of hydrogen-bond donors (Lipinski definition) is 2. The molecule has 1 rings (SSSR count). The van der Waals surface area contributed by atoms with Crippen molar-refractivity contribution in [1.82, 2.24) is 0 Å². The zero-order valence-corrected chi connectivity index (χ0v) is 10.9. The first kappa shape index (κ1) is 14.9. The van der Waals surface area contributed by atoms with E-state index in [0.717, 1.165) is 25.7 Å². The molecule has 0 saturated heterocycles. The number of hydrogen-bond acceptors (Lipinski definition) is 4. The number of ether oxygens (including phenoxy) is 1. The van der Waals surface area contributed by atoms with Crippen molar-refractivity contribution in [2.45, 2.75) is 30.6 Å². The van der Waals surface area contributed by atoms with Crippen LogP contribution in [0.25, 0.3) is 0 Å². The Morgan fingerprint density at radius 2 is 1.61 bits per heavy atom. The first-order valence-electron chi connectivity index (χ1n) is 5.85. The zero-order valence-electron chi connectivity index (χ0n) is 10.1. The Balaban J connectivity index is 2.32. The minimum absolute atomic E-state index is 0.141. The molecule has 0 bridgehead atoms. The van der Waals surface area contributed by atoms with Gasteiger partial charge < -0.3 is 9.84 Å². The highest BCUT2D eigenvalue weighted by Crippen LogP contribution is 2.16. The van der Waals surface area contributed by atoms with E-state index in [1.165, 1.54) is 24.3 Å². The van der Waals surface area contributed by atoms with Gasteiger partial charge in [0.2, 0.25) is 0 Å². The fraction of sp³-hybridized carbons (Fsp3) is 0.500. The molecule has 0 amide bonds. The molecule has 0 unspecified atom stereocenters. The Morgan fingerprint density at radius 3 is 2.17 bits per heavy atom. The third-order valence-electron chi connectivity index (χ3n) is 2.44. The number of aliphatic hydroxyl groups is 1. The third-order valence-corrected chi connectivity index (χ3v) is 3.31. The van der Waals surface area contributed by atoms with Gasteiger partial charge in [-0.2, -0.15) is 8.42 Å². The van der Waals surface area contributed by atoms with E-state index in [1.54, 1.807) is 0 Å². The van der Waals surface area contributed by atoms with E-state index in [4.69, 9.17) is 14.4 Å². The summed E-state index contributed by atoms with van der Waals surface area (Å²) < 4.78 is 35.8. The summed E-state index contributed by atoms with van der Waals surface area (Å²) in [4.78, 5) is -0.141. The van der Waals surface area contributed by atoms with Crippen molar-refractivity contribution in [3.05, 3.63) is 24.3 Å². The summed E-state index contributed by atoms with van der Waals surface area (Å²) in [6, 6.07) is 5.63. The van der Waals surface area contributed by atoms with Crippen LogP contribution in [-0.4, -0.2) is 31.3 Å². The van der Waals surface area contributed by atoms with Crippen LogP contribution < -0.4 is 4.74 Å². The van der Waals surface area contributed by atoms with E-state index in [0.29, 0.717) is 12.4 Å². The van der Waals surface area contributed by atoms with Gasteiger partial charge in [-0.3, -0.25) is 4.55 Å². The maximum Gasteiger partial charge on any atom is 0.294 e. The molecular weight excluding hydrogens is 256 g/mol. The molecule has 1 aromatic rings. The molecule has 0 saturated carbocycles. The van der Waals surface area contributed by atoms with Crippen molar-refractivity contribution in [3.63, 3.8) is 0 Å². The van der Waals surface area contributed by atoms with Crippen LogP contribution in [0.2, 0.25) is 0 Å². The lowest BCUT2D eigenvalue weighted by atomic mass is 10.2. The Morgan fingerprint density at radius 1 is 1.00 bits per heavy atom. The monoisotopic (exact) mass is 274 g/mol. The smallest absolute Gasteiger partial charge is 0.294 e. The Labute approximate surface area is 107 Å². The number of benzene rings is 1. The van der Waals surface area contributed by atoms with Gasteiger partial charge in [0, 0.05) is 6.61 Å². The van der Waals surface area contributed by atoms with E-state index in [-0.39, 0.29) is 11.5 Å². The second-order valence-electron chi connectivity index (χ2n) is 3.93. The van der Waals surface area contributed by atoms with Gasteiger partial charge in [0.25, 0.3) is 10.1 Å². The fourth-order valence-corrected chi connectivity index (χ4v) is 1.95. The summed E-state index contributed by atoms with van der Waals surface area (Å²) in [6.07, 6.45) is 3.66. The predicted molar refractivity (Wildman–Crippen MR) is 67.3 cm³/mol. The molecule has 0 fully saturated rings. The second-order valence-corrected chi connectivity index (χ2v) is 5.35. The van der Waals surface area contributed by atoms with Crippen LogP contribution >= 0.6 is 0 Å². The van der Waals surface area contributed by atoms with Crippen molar-refractivity contribution in [1.29, 1.82) is 0 Å². The average Bonchev–Trinajstić information content (AvgIpc) is 2.33. The minimum atomic E-state index is -4.13. The van der Waals surface area contributed by atoms with Crippen LogP contribution in [0.1, 0.15) is 25.7 Å². The number of rotatable bonds is 8. The number of aliphatic hydroxyl groups excluding tert-OH is 1. The number of unbranched alkanes of at least 4 members (excludes halogenated alkanes) is 3. The SMILES string of the molecule is O=S(=O)(O)c1ccc(OCCCCCCO)cc1. The molecule has 5 nitrogen and oxygen atoms in total. The van der Waals surface area contributed by atoms with Crippen molar-refractivity contribution < 1.29 is 22.8 Å². The van der Waals surface area contributed by atoms with E-state index < -0.39 is 10.1 Å². The van der Waals surface area contributed by atoms with Gasteiger partial charge in [-0.15, -0.1) is 0 Å². The highest BCUT2D eigenvalue weighted by Gasteiger charge is 2.08. The molecule has 102 valence electrons. The van der Waals surface area contributed by atoms with E-state index >= 15 is 0 Å². The Kier molecular flexibility index (Phi) is 6.11. The van der Waals surface area contributed by atoms with E-state index in [1.807, 2.05) is 0 Å². The molecular formula is C12H18O5S. The Hall–Kier alpha value is -1.11. The quantitative estimate of drug-likeness (QED) is 0.558. The highest BCUT2D eigenvalue weighted by atomic mass is 32.2. The van der Waals surface area contributed by atoms with Gasteiger partial charge in [-0.25, -0.2) is 0 Å². The van der Waals surface area contributed by atoms with Gasteiger partial charge in [-0.05, 0) is 43.5 Å². The van der Waals surface area contributed by atoms with Crippen LogP contribution in [0.4, 0.5) is 0 Å². The van der Waals surface area contributed by atoms with Gasteiger partial charge in [0.15, 0.2) is 0 Å². The lowest BCUT2D eigenvalue weighted by Crippen LogP contribution is -2.00. The van der Waals surface area contributed by atoms with E-state index in [2.05, 4.69) is 0 Å². The van der Waals surface area contributed by atoms with Crippen molar-refractivity contribution in [3.8, 4) is 5.75 Å². The standard InChI is InChI=1S/C12H18O5S/c13-9-3-1-2-4-10-17-11-5-7-12(8-6-11)18(14,15)16/h5-8,13H,1-4,9-10H2,(H,14,15,16). The van der Waals surface area contributed by atoms with Crippen LogP contribution in [0, 0.1) is 0 Å². The van der Waals surface area contributed by atoms with Crippen LogP contribution in [0.15, 0.2) is 29.2 Å². The maximum absolute atomic E-state index is 10.8. The largest absolute Gasteiger partial charge is 0.494 e. The molecule has 18 heavy (non-hydrogen) atoms. The lowest BCUT2D eigenvalue weighted by molar-refractivity contribution is 0.273. The summed E-state index contributed by atoms with van der Waals surface area (Å²) in [6.45, 7) is 0.772. The normalized spacial score (nSPS) is 11.4. The van der Waals surface area contributed by atoms with Gasteiger partial charge in [0.1, 0.15) is 5.75 Å². The van der Waals surface area contributed by atoms with Gasteiger partial charge in [-0.1, -0.05) is 6.42 Å². The van der Waals surface area contributed by atoms with Crippen LogP contribution in [0.3, 0.4) is 0 Å². The zero-order chi connectivity index (χ0) is 13.4. The topological polar surface area (TPSA) is 83.8 Å². The molecule has 6 heteroatoms. The average molecular weight is 274 g/mol. The molecule has 0 aliphatic rings. The highest BCUT2D eigenvalue weighted by molar-refractivity contribution is 7.85. The summed E-state index contributed by atoms with van der Waals surface area (Å²) in [5, 5.41) is 8.59. The van der Waals surface area contributed by atoms with E-state index in [9.17, 15) is 8.42 Å². The predicted octanol–water partition coefficient (Wildman–Crippen LogP) is 1.86. The summed E-state index contributed by atoms with van der Waals surface area (Å²) in [5.41, 5.74) is 0. The van der Waals surface area contributed by atoms with Gasteiger partial charge >= 0.3 is 0 Å². The van der Waals surface area contributed by atoms with Crippen molar-refractivity contribution in [2.75, 3.05) is 13.2 Å². The van der Waals surface area contributed by atoms with Crippen LogP contribution in [-0.2, 0) is 10.1 Å². The molecule has 0 radical (unpaired) electrons. The van der Waals surface area contributed by atoms with Crippen molar-refractivity contribution in [2.24, 2.45) is 0 Å². The third kappa shape index (κ3) is 5.48. The Bertz CT molecular complexity index is 438. The maximum atomic E-state index is 10.8. The molecule has 1 aromatic carbocycles. The first-order valence-corrected chi connectivity index (χ1v) is 7.29. The molecule has 0 atom stereocenters. The molecule has 0 spiro atoms. The molecule has 0 aliphatic carbocycles. The van der Waals surface area contributed by atoms with Crippen LogP contribution in [0.5, 0.6) is 5.75 Å². The summed E-state index contributed by atoms with van der Waals surface area (Å²) in [7, 11) is -4.13. The molecule has 2 N–H and O–H groups in total. The minimum Gasteiger partial charge on any atom is -0.494 e. The molecule has 0 aliphatic heterocycles. The molecule has 0 aromatic heterocycles. The van der Waals surface area contributed by atoms with Crippen molar-refractivity contribution >= 4 is 10.1 Å². The fourth-order valence-electron chi connectivity index (χ4n) is 1.47.